The van der Waals surface area contributed by atoms with Crippen molar-refractivity contribution in [3.63, 3.8) is 0 Å². The van der Waals surface area contributed by atoms with Crippen LogP contribution in [0.15, 0.2) is 24.4 Å². The van der Waals surface area contributed by atoms with Crippen LogP contribution in [0.4, 0.5) is 10.8 Å². The van der Waals surface area contributed by atoms with E-state index in [4.69, 9.17) is 17.3 Å². The zero-order valence-electron chi connectivity index (χ0n) is 9.74. The minimum Gasteiger partial charge on any atom is -0.375 e. The molecule has 4 nitrogen and oxygen atoms in total. The summed E-state index contributed by atoms with van der Waals surface area (Å²) in [5.41, 5.74) is 7.25. The molecule has 0 saturated carbocycles. The first kappa shape index (κ1) is 12.9. The highest BCUT2D eigenvalue weighted by Gasteiger charge is 2.11. The summed E-state index contributed by atoms with van der Waals surface area (Å²) >= 11 is 7.08. The number of nitrogens with one attached hydrogen (secondary N) is 1. The highest BCUT2D eigenvalue weighted by molar-refractivity contribution is 7.17. The Hall–Kier alpha value is -1.59. The van der Waals surface area contributed by atoms with E-state index in [0.29, 0.717) is 15.0 Å². The first-order valence-corrected chi connectivity index (χ1v) is 6.60. The van der Waals surface area contributed by atoms with E-state index < -0.39 is 0 Å². The van der Waals surface area contributed by atoms with E-state index in [-0.39, 0.29) is 5.91 Å². The number of aryl methyl sites for hydroxylation is 1. The van der Waals surface area contributed by atoms with Crippen molar-refractivity contribution in [2.24, 2.45) is 0 Å². The Morgan fingerprint density at radius 3 is 2.94 bits per heavy atom. The second-order valence-corrected chi connectivity index (χ2v) is 5.17. The van der Waals surface area contributed by atoms with E-state index in [2.05, 4.69) is 10.3 Å². The van der Waals surface area contributed by atoms with Crippen molar-refractivity contribution < 1.29 is 4.79 Å². The molecule has 0 unspecified atom stereocenters. The number of hydrogen-bond donors (Lipinski definition) is 2. The van der Waals surface area contributed by atoms with E-state index in [0.717, 1.165) is 29.0 Å². The molecule has 0 spiro atoms. The van der Waals surface area contributed by atoms with Crippen molar-refractivity contribution in [2.45, 2.75) is 13.3 Å². The van der Waals surface area contributed by atoms with E-state index in [9.17, 15) is 4.79 Å². The summed E-state index contributed by atoms with van der Waals surface area (Å²) in [7, 11) is 0. The third kappa shape index (κ3) is 2.80. The molecule has 94 valence electrons. The number of amides is 1. The summed E-state index contributed by atoms with van der Waals surface area (Å²) in [6, 6.07) is 5.39. The molecular formula is C12H12ClN3OS. The van der Waals surface area contributed by atoms with Gasteiger partial charge in [-0.05, 0) is 30.2 Å². The number of halogens is 1. The SMILES string of the molecule is CCc1cc(Cl)ccc1NC(=O)c1cnc(N)s1. The van der Waals surface area contributed by atoms with Crippen LogP contribution in [0.1, 0.15) is 22.2 Å². The van der Waals surface area contributed by atoms with Crippen LogP contribution in [0.25, 0.3) is 0 Å². The van der Waals surface area contributed by atoms with Crippen molar-refractivity contribution in [2.75, 3.05) is 11.1 Å². The van der Waals surface area contributed by atoms with Gasteiger partial charge in [0.25, 0.3) is 5.91 Å². The molecule has 2 aromatic rings. The molecule has 0 fully saturated rings. The molecule has 1 aromatic carbocycles. The number of nitrogens with zero attached hydrogens (tertiary/aromatic N) is 1. The van der Waals surface area contributed by atoms with Gasteiger partial charge in [-0.25, -0.2) is 4.98 Å². The Labute approximate surface area is 114 Å². The van der Waals surface area contributed by atoms with Crippen molar-refractivity contribution in [1.29, 1.82) is 0 Å². The second-order valence-electron chi connectivity index (χ2n) is 3.67. The molecule has 3 N–H and O–H groups in total. The Morgan fingerprint density at radius 1 is 1.56 bits per heavy atom. The van der Waals surface area contributed by atoms with Gasteiger partial charge in [0.05, 0.1) is 6.20 Å². The van der Waals surface area contributed by atoms with Gasteiger partial charge in [-0.2, -0.15) is 0 Å². The van der Waals surface area contributed by atoms with Gasteiger partial charge in [0.2, 0.25) is 0 Å². The molecule has 0 radical (unpaired) electrons. The third-order valence-electron chi connectivity index (χ3n) is 2.44. The Morgan fingerprint density at radius 2 is 2.33 bits per heavy atom. The number of benzene rings is 1. The summed E-state index contributed by atoms with van der Waals surface area (Å²) in [6.45, 7) is 2.01. The molecule has 18 heavy (non-hydrogen) atoms. The fourth-order valence-electron chi connectivity index (χ4n) is 1.55. The van der Waals surface area contributed by atoms with Gasteiger partial charge in [-0.1, -0.05) is 29.9 Å². The molecule has 1 aromatic heterocycles. The van der Waals surface area contributed by atoms with E-state index >= 15 is 0 Å². The van der Waals surface area contributed by atoms with Crippen molar-refractivity contribution in [3.05, 3.63) is 39.9 Å². The lowest BCUT2D eigenvalue weighted by Crippen LogP contribution is -2.11. The van der Waals surface area contributed by atoms with Crippen molar-refractivity contribution in [3.8, 4) is 0 Å². The summed E-state index contributed by atoms with van der Waals surface area (Å²) < 4.78 is 0. The third-order valence-corrected chi connectivity index (χ3v) is 3.50. The minimum absolute atomic E-state index is 0.207. The number of aromatic nitrogens is 1. The lowest BCUT2D eigenvalue weighted by atomic mass is 10.1. The van der Waals surface area contributed by atoms with Gasteiger partial charge in [0.15, 0.2) is 5.13 Å². The zero-order valence-corrected chi connectivity index (χ0v) is 11.3. The lowest BCUT2D eigenvalue weighted by Gasteiger charge is -2.09. The maximum absolute atomic E-state index is 12.0. The number of carbonyl (C=O) groups excluding carboxylic acids is 1. The number of nitrogen functional groups attached to an aromatic ring is 1. The molecule has 0 saturated heterocycles. The standard InChI is InChI=1S/C12H12ClN3OS/c1-2-7-5-8(13)3-4-9(7)16-11(17)10-6-15-12(14)18-10/h3-6H,2H2,1H3,(H2,14,15)(H,16,17). The van der Waals surface area contributed by atoms with Gasteiger partial charge in [0.1, 0.15) is 4.88 Å². The first-order valence-electron chi connectivity index (χ1n) is 5.41. The normalized spacial score (nSPS) is 10.3. The van der Waals surface area contributed by atoms with Crippen LogP contribution in [0.5, 0.6) is 0 Å². The predicted molar refractivity (Wildman–Crippen MR) is 75.3 cm³/mol. The average molecular weight is 282 g/mol. The van der Waals surface area contributed by atoms with Gasteiger partial charge in [-0.3, -0.25) is 4.79 Å². The van der Waals surface area contributed by atoms with Crippen molar-refractivity contribution >= 4 is 39.7 Å². The number of nitrogens with two attached hydrogens (primary N) is 1. The Bertz CT molecular complexity index is 582. The zero-order chi connectivity index (χ0) is 13.1. The van der Waals surface area contributed by atoms with Crippen LogP contribution in [-0.4, -0.2) is 10.9 Å². The molecule has 6 heteroatoms. The van der Waals surface area contributed by atoms with Gasteiger partial charge >= 0.3 is 0 Å². The second kappa shape index (κ2) is 5.37. The maximum Gasteiger partial charge on any atom is 0.267 e. The van der Waals surface area contributed by atoms with Gasteiger partial charge < -0.3 is 11.1 Å². The monoisotopic (exact) mass is 281 g/mol. The largest absolute Gasteiger partial charge is 0.375 e. The fraction of sp³-hybridized carbons (Fsp3) is 0.167. The molecule has 2 rings (SSSR count). The molecule has 1 amide bonds. The summed E-state index contributed by atoms with van der Waals surface area (Å²) in [6.07, 6.45) is 2.26. The Balaban J connectivity index is 2.21. The van der Waals surface area contributed by atoms with Crippen LogP contribution < -0.4 is 11.1 Å². The van der Waals surface area contributed by atoms with Gasteiger partial charge in [-0.15, -0.1) is 0 Å². The van der Waals surface area contributed by atoms with Crippen LogP contribution in [0.2, 0.25) is 5.02 Å². The number of rotatable bonds is 3. The van der Waals surface area contributed by atoms with E-state index in [1.54, 1.807) is 12.1 Å². The molecule has 0 aliphatic heterocycles. The summed E-state index contributed by atoms with van der Waals surface area (Å²) in [5.74, 6) is -0.207. The van der Waals surface area contributed by atoms with Crippen LogP contribution in [0, 0.1) is 0 Å². The quantitative estimate of drug-likeness (QED) is 0.908. The Kier molecular flexibility index (Phi) is 3.84. The van der Waals surface area contributed by atoms with Crippen LogP contribution in [0.3, 0.4) is 0 Å². The molecule has 0 aliphatic carbocycles. The molecule has 1 heterocycles. The number of carbonyl (C=O) groups is 1. The van der Waals surface area contributed by atoms with E-state index in [1.165, 1.54) is 6.20 Å². The minimum atomic E-state index is -0.207. The number of hydrogen-bond acceptors (Lipinski definition) is 4. The topological polar surface area (TPSA) is 68.0 Å². The smallest absolute Gasteiger partial charge is 0.267 e. The molecular weight excluding hydrogens is 270 g/mol. The summed E-state index contributed by atoms with van der Waals surface area (Å²) in [5, 5.41) is 3.88. The van der Waals surface area contributed by atoms with Crippen LogP contribution >= 0.6 is 22.9 Å². The molecule has 0 aliphatic rings. The number of anilines is 2. The highest BCUT2D eigenvalue weighted by Crippen LogP contribution is 2.23. The van der Waals surface area contributed by atoms with Crippen molar-refractivity contribution in [1.82, 2.24) is 4.98 Å². The lowest BCUT2D eigenvalue weighted by molar-refractivity contribution is 0.103. The average Bonchev–Trinajstić information content (AvgIpc) is 2.78. The molecule has 0 bridgehead atoms. The van der Waals surface area contributed by atoms with Gasteiger partial charge in [0, 0.05) is 10.7 Å². The van der Waals surface area contributed by atoms with Crippen LogP contribution in [-0.2, 0) is 6.42 Å². The first-order chi connectivity index (χ1) is 8.60. The fourth-order valence-corrected chi connectivity index (χ4v) is 2.33. The number of thiazole rings is 1. The summed E-state index contributed by atoms with van der Waals surface area (Å²) in [4.78, 5) is 16.3. The highest BCUT2D eigenvalue weighted by atomic mass is 35.5. The predicted octanol–water partition coefficient (Wildman–Crippen LogP) is 3.19. The molecule has 0 atom stereocenters. The maximum atomic E-state index is 12.0. The van der Waals surface area contributed by atoms with E-state index in [1.807, 2.05) is 13.0 Å².